The molecule has 0 unspecified atom stereocenters. The van der Waals surface area contributed by atoms with E-state index in [4.69, 9.17) is 9.72 Å². The van der Waals surface area contributed by atoms with Gasteiger partial charge in [0.25, 0.3) is 0 Å². The largest absolute Gasteiger partial charge is 0.469 e. The van der Waals surface area contributed by atoms with Crippen molar-refractivity contribution in [1.29, 1.82) is 0 Å². The van der Waals surface area contributed by atoms with Gasteiger partial charge >= 0.3 is 5.97 Å². The summed E-state index contributed by atoms with van der Waals surface area (Å²) < 4.78 is 34.3. The van der Waals surface area contributed by atoms with Gasteiger partial charge in [0.1, 0.15) is 22.5 Å². The molecule has 0 aliphatic carbocycles. The molecule has 3 rings (SSSR count). The molecule has 5 nitrogen and oxygen atoms in total. The molecule has 0 saturated carbocycles. The first-order chi connectivity index (χ1) is 14.4. The summed E-state index contributed by atoms with van der Waals surface area (Å²) in [5.41, 5.74) is 1.77. The van der Waals surface area contributed by atoms with Gasteiger partial charge in [-0.3, -0.25) is 9.78 Å². The van der Waals surface area contributed by atoms with Crippen LogP contribution in [0.3, 0.4) is 0 Å². The SMILES string of the molecule is COC(=O)CCc1nc(C(C)C)c(Sc2cc(F)cc(F)c2)n1Cc1cccnc1. The molecule has 0 atom stereocenters. The van der Waals surface area contributed by atoms with Crippen molar-refractivity contribution < 1.29 is 18.3 Å². The van der Waals surface area contributed by atoms with Crippen LogP contribution in [0.5, 0.6) is 0 Å². The number of aryl methyl sites for hydroxylation is 1. The Balaban J connectivity index is 2.06. The van der Waals surface area contributed by atoms with Gasteiger partial charge in [0.05, 0.1) is 25.8 Å². The van der Waals surface area contributed by atoms with Gasteiger partial charge in [-0.1, -0.05) is 31.7 Å². The fourth-order valence-electron chi connectivity index (χ4n) is 3.03. The Labute approximate surface area is 178 Å². The number of carbonyl (C=O) groups is 1. The number of hydrogen-bond donors (Lipinski definition) is 0. The molecule has 2 aromatic heterocycles. The first-order valence-corrected chi connectivity index (χ1v) is 10.4. The summed E-state index contributed by atoms with van der Waals surface area (Å²) >= 11 is 1.26. The van der Waals surface area contributed by atoms with E-state index in [0.29, 0.717) is 23.7 Å². The summed E-state index contributed by atoms with van der Waals surface area (Å²) in [6.07, 6.45) is 4.04. The number of esters is 1. The highest BCUT2D eigenvalue weighted by atomic mass is 32.2. The number of pyridine rings is 1. The quantitative estimate of drug-likeness (QED) is 0.471. The third kappa shape index (κ3) is 5.44. The van der Waals surface area contributed by atoms with Crippen molar-refractivity contribution in [2.24, 2.45) is 0 Å². The molecular weight excluding hydrogens is 408 g/mol. The number of hydrogen-bond acceptors (Lipinski definition) is 5. The van der Waals surface area contributed by atoms with Crippen LogP contribution in [0, 0.1) is 11.6 Å². The molecule has 158 valence electrons. The summed E-state index contributed by atoms with van der Waals surface area (Å²) in [5, 5.41) is 0.790. The fraction of sp³-hybridized carbons (Fsp3) is 0.318. The lowest BCUT2D eigenvalue weighted by Gasteiger charge is -2.13. The van der Waals surface area contributed by atoms with Crippen molar-refractivity contribution >= 4 is 17.7 Å². The van der Waals surface area contributed by atoms with Gasteiger partial charge in [-0.2, -0.15) is 0 Å². The molecule has 0 N–H and O–H groups in total. The number of rotatable bonds is 8. The van der Waals surface area contributed by atoms with Crippen LogP contribution in [0.4, 0.5) is 8.78 Å². The van der Waals surface area contributed by atoms with Crippen LogP contribution >= 0.6 is 11.8 Å². The number of ether oxygens (including phenoxy) is 1. The Morgan fingerprint density at radius 2 is 1.97 bits per heavy atom. The lowest BCUT2D eigenvalue weighted by molar-refractivity contribution is -0.140. The predicted molar refractivity (Wildman–Crippen MR) is 110 cm³/mol. The van der Waals surface area contributed by atoms with E-state index < -0.39 is 11.6 Å². The number of carbonyl (C=O) groups excluding carboxylic acids is 1. The van der Waals surface area contributed by atoms with Gasteiger partial charge in [0, 0.05) is 29.8 Å². The zero-order valence-corrected chi connectivity index (χ0v) is 17.9. The van der Waals surface area contributed by atoms with Crippen LogP contribution in [0.1, 0.15) is 43.3 Å². The third-order valence-electron chi connectivity index (χ3n) is 4.47. The van der Waals surface area contributed by atoms with Crippen LogP contribution in [0.15, 0.2) is 52.6 Å². The normalized spacial score (nSPS) is 11.1. The van der Waals surface area contributed by atoms with Gasteiger partial charge in [0.15, 0.2) is 0 Å². The minimum absolute atomic E-state index is 0.0814. The standard InChI is InChI=1S/C22H23F2N3O2S/c1-14(2)21-22(30-18-10-16(23)9-17(24)11-18)27(13-15-5-4-8-25-12-15)19(26-21)6-7-20(28)29-3/h4-5,8-12,14H,6-7,13H2,1-3H3. The summed E-state index contributed by atoms with van der Waals surface area (Å²) in [6.45, 7) is 4.50. The average molecular weight is 432 g/mol. The van der Waals surface area contributed by atoms with Crippen LogP contribution < -0.4 is 0 Å². The van der Waals surface area contributed by atoms with E-state index in [0.717, 1.165) is 22.3 Å². The maximum Gasteiger partial charge on any atom is 0.305 e. The summed E-state index contributed by atoms with van der Waals surface area (Å²) in [6, 6.07) is 7.24. The second-order valence-corrected chi connectivity index (χ2v) is 8.17. The van der Waals surface area contributed by atoms with Crippen LogP contribution in [-0.4, -0.2) is 27.6 Å². The van der Waals surface area contributed by atoms with Crippen LogP contribution in [0.25, 0.3) is 0 Å². The molecule has 0 radical (unpaired) electrons. The summed E-state index contributed by atoms with van der Waals surface area (Å²) in [5.74, 6) is -0.788. The van der Waals surface area contributed by atoms with Crippen molar-refractivity contribution in [1.82, 2.24) is 14.5 Å². The predicted octanol–water partition coefficient (Wildman–Crippen LogP) is 4.98. The Kier molecular flexibility index (Phi) is 7.20. The van der Waals surface area contributed by atoms with Gasteiger partial charge in [-0.15, -0.1) is 0 Å². The first kappa shape index (κ1) is 22.0. The van der Waals surface area contributed by atoms with E-state index in [1.165, 1.54) is 31.0 Å². The molecule has 0 spiro atoms. The van der Waals surface area contributed by atoms with Crippen molar-refractivity contribution in [2.75, 3.05) is 7.11 Å². The molecular formula is C22H23F2N3O2S. The first-order valence-electron chi connectivity index (χ1n) is 9.56. The molecule has 0 saturated heterocycles. The Hall–Kier alpha value is -2.74. The van der Waals surface area contributed by atoms with Crippen molar-refractivity contribution in [3.05, 3.63) is 71.4 Å². The highest BCUT2D eigenvalue weighted by molar-refractivity contribution is 7.99. The molecule has 1 aromatic carbocycles. The van der Waals surface area contributed by atoms with Crippen LogP contribution in [-0.2, 0) is 22.5 Å². The molecule has 0 aliphatic rings. The van der Waals surface area contributed by atoms with Gasteiger partial charge in [0.2, 0.25) is 0 Å². The average Bonchev–Trinajstić information content (AvgIpc) is 3.03. The zero-order valence-electron chi connectivity index (χ0n) is 17.1. The second-order valence-electron chi connectivity index (χ2n) is 7.10. The summed E-state index contributed by atoms with van der Waals surface area (Å²) in [4.78, 5) is 21.1. The molecule has 0 amide bonds. The monoisotopic (exact) mass is 431 g/mol. The number of methoxy groups -OCH3 is 1. The number of imidazole rings is 1. The number of aromatic nitrogens is 3. The number of nitrogens with zero attached hydrogens (tertiary/aromatic N) is 3. The van der Waals surface area contributed by atoms with Gasteiger partial charge < -0.3 is 9.30 Å². The molecule has 8 heteroatoms. The maximum absolute atomic E-state index is 13.8. The maximum atomic E-state index is 13.8. The molecule has 30 heavy (non-hydrogen) atoms. The topological polar surface area (TPSA) is 57.0 Å². The zero-order chi connectivity index (χ0) is 21.7. The van der Waals surface area contributed by atoms with E-state index in [9.17, 15) is 13.6 Å². The van der Waals surface area contributed by atoms with E-state index >= 15 is 0 Å². The Morgan fingerprint density at radius 1 is 1.23 bits per heavy atom. The lowest BCUT2D eigenvalue weighted by atomic mass is 10.1. The molecule has 2 heterocycles. The van der Waals surface area contributed by atoms with Crippen LogP contribution in [0.2, 0.25) is 0 Å². The second kappa shape index (κ2) is 9.84. The van der Waals surface area contributed by atoms with E-state index in [1.54, 1.807) is 12.4 Å². The van der Waals surface area contributed by atoms with Crippen molar-refractivity contribution in [3.63, 3.8) is 0 Å². The molecule has 0 fully saturated rings. The van der Waals surface area contributed by atoms with Gasteiger partial charge in [-0.25, -0.2) is 13.8 Å². The minimum atomic E-state index is -0.632. The fourth-order valence-corrected chi connectivity index (χ4v) is 4.26. The highest BCUT2D eigenvalue weighted by Gasteiger charge is 2.22. The minimum Gasteiger partial charge on any atom is -0.469 e. The third-order valence-corrected chi connectivity index (χ3v) is 5.56. The molecule has 3 aromatic rings. The lowest BCUT2D eigenvalue weighted by Crippen LogP contribution is -2.10. The van der Waals surface area contributed by atoms with Gasteiger partial charge in [-0.05, 0) is 29.7 Å². The van der Waals surface area contributed by atoms with Crippen molar-refractivity contribution in [2.45, 2.75) is 49.1 Å². The number of halogens is 2. The molecule has 0 bridgehead atoms. The van der Waals surface area contributed by atoms with Crippen molar-refractivity contribution in [3.8, 4) is 0 Å². The number of benzene rings is 1. The van der Waals surface area contributed by atoms with E-state index in [2.05, 4.69) is 4.98 Å². The van der Waals surface area contributed by atoms with E-state index in [-0.39, 0.29) is 18.3 Å². The Morgan fingerprint density at radius 3 is 2.57 bits per heavy atom. The highest BCUT2D eigenvalue weighted by Crippen LogP contribution is 2.36. The molecule has 0 aliphatic heterocycles. The van der Waals surface area contributed by atoms with E-state index in [1.807, 2.05) is 30.5 Å². The summed E-state index contributed by atoms with van der Waals surface area (Å²) in [7, 11) is 1.35. The smallest absolute Gasteiger partial charge is 0.305 e. The Bertz CT molecular complexity index is 1000.